The topological polar surface area (TPSA) is 86.7 Å². The van der Waals surface area contributed by atoms with Crippen LogP contribution in [-0.2, 0) is 17.1 Å². The first kappa shape index (κ1) is 21.0. The molecule has 0 fully saturated rings. The van der Waals surface area contributed by atoms with Crippen molar-refractivity contribution in [3.05, 3.63) is 65.7 Å². The van der Waals surface area contributed by atoms with Crippen molar-refractivity contribution in [2.75, 3.05) is 0 Å². The zero-order valence-corrected chi connectivity index (χ0v) is 14.7. The molecule has 0 aliphatic carbocycles. The molecule has 0 atom stereocenters. The Morgan fingerprint density at radius 3 is 2.03 bits per heavy atom. The first-order valence-electron chi connectivity index (χ1n) is 8.08. The highest BCUT2D eigenvalue weighted by Crippen LogP contribution is 2.38. The molecule has 2 heterocycles. The van der Waals surface area contributed by atoms with Gasteiger partial charge in [0, 0.05) is 24.2 Å². The molecule has 0 unspecified atom stereocenters. The molecule has 0 spiro atoms. The van der Waals surface area contributed by atoms with Crippen LogP contribution in [0.15, 0.2) is 49.1 Å². The molecule has 2 N–H and O–H groups in total. The zero-order chi connectivity index (χ0) is 22.1. The lowest BCUT2D eigenvalue weighted by Gasteiger charge is -2.13. The van der Waals surface area contributed by atoms with Crippen LogP contribution in [0.2, 0.25) is 0 Å². The van der Waals surface area contributed by atoms with Crippen molar-refractivity contribution < 1.29 is 31.1 Å². The van der Waals surface area contributed by atoms with Gasteiger partial charge in [0.05, 0.1) is 16.7 Å². The number of nitrogens with two attached hydrogens (primary N) is 1. The summed E-state index contributed by atoms with van der Waals surface area (Å²) in [6, 6.07) is 4.00. The average molecular weight is 427 g/mol. The smallest absolute Gasteiger partial charge is 0.366 e. The minimum Gasteiger partial charge on any atom is -0.366 e. The molecule has 2 aromatic heterocycles. The summed E-state index contributed by atoms with van der Waals surface area (Å²) < 4.78 is 79.1. The minimum absolute atomic E-state index is 0.00896. The number of rotatable bonds is 4. The molecule has 156 valence electrons. The van der Waals surface area contributed by atoms with Crippen molar-refractivity contribution in [3.63, 3.8) is 0 Å². The van der Waals surface area contributed by atoms with Gasteiger partial charge >= 0.3 is 12.4 Å². The van der Waals surface area contributed by atoms with E-state index in [4.69, 9.17) is 5.73 Å². The monoisotopic (exact) mass is 427 g/mol. The van der Waals surface area contributed by atoms with Crippen LogP contribution in [0.5, 0.6) is 0 Å². The van der Waals surface area contributed by atoms with Gasteiger partial charge in [-0.1, -0.05) is 0 Å². The van der Waals surface area contributed by atoms with Gasteiger partial charge in [-0.2, -0.15) is 26.3 Å². The standard InChI is InChI=1S/C18H11F6N5O/c19-17(20,21)12-5-11(6-13(7-12)18(22,23)24)16-27-9-29(28-16)8-14(15(25)30)10-1-3-26-4-2-10/h1-9H,(H2,25,30)/b14-8-. The van der Waals surface area contributed by atoms with Crippen LogP contribution in [0.25, 0.3) is 23.2 Å². The number of carbonyl (C=O) groups excluding carboxylic acids is 1. The highest BCUT2D eigenvalue weighted by molar-refractivity contribution is 6.22. The van der Waals surface area contributed by atoms with Crippen molar-refractivity contribution in [2.24, 2.45) is 5.73 Å². The van der Waals surface area contributed by atoms with E-state index in [9.17, 15) is 31.1 Å². The maximum Gasteiger partial charge on any atom is 0.416 e. The normalized spacial score (nSPS) is 12.8. The Balaban J connectivity index is 2.06. The first-order valence-corrected chi connectivity index (χ1v) is 8.08. The third-order valence-electron chi connectivity index (χ3n) is 3.87. The Bertz CT molecular complexity index is 1070. The number of amides is 1. The van der Waals surface area contributed by atoms with Crippen LogP contribution < -0.4 is 5.73 Å². The van der Waals surface area contributed by atoms with Crippen LogP contribution in [0.1, 0.15) is 16.7 Å². The van der Waals surface area contributed by atoms with Gasteiger partial charge in [-0.15, -0.1) is 5.10 Å². The summed E-state index contributed by atoms with van der Waals surface area (Å²) in [4.78, 5) is 19.3. The van der Waals surface area contributed by atoms with Crippen molar-refractivity contribution >= 4 is 17.7 Å². The van der Waals surface area contributed by atoms with Crippen molar-refractivity contribution in [1.29, 1.82) is 0 Å². The summed E-state index contributed by atoms with van der Waals surface area (Å²) in [6.07, 6.45) is -5.03. The predicted molar refractivity (Wildman–Crippen MR) is 93.1 cm³/mol. The van der Waals surface area contributed by atoms with Crippen LogP contribution in [0, 0.1) is 0 Å². The fraction of sp³-hybridized carbons (Fsp3) is 0.111. The molecule has 12 heteroatoms. The number of aromatic nitrogens is 4. The quantitative estimate of drug-likeness (QED) is 0.506. The maximum absolute atomic E-state index is 13.0. The van der Waals surface area contributed by atoms with Crippen molar-refractivity contribution in [3.8, 4) is 11.4 Å². The largest absolute Gasteiger partial charge is 0.416 e. The van der Waals surface area contributed by atoms with E-state index in [0.29, 0.717) is 17.7 Å². The molecular weight excluding hydrogens is 416 g/mol. The number of halogens is 6. The number of pyridine rings is 1. The van der Waals surface area contributed by atoms with E-state index in [1.807, 2.05) is 0 Å². The van der Waals surface area contributed by atoms with E-state index in [2.05, 4.69) is 15.1 Å². The van der Waals surface area contributed by atoms with Crippen LogP contribution in [0.3, 0.4) is 0 Å². The van der Waals surface area contributed by atoms with Gasteiger partial charge in [-0.3, -0.25) is 9.78 Å². The summed E-state index contributed by atoms with van der Waals surface area (Å²) in [5, 5.41) is 3.85. The highest BCUT2D eigenvalue weighted by atomic mass is 19.4. The molecule has 30 heavy (non-hydrogen) atoms. The Morgan fingerprint density at radius 2 is 1.53 bits per heavy atom. The molecule has 0 saturated carbocycles. The lowest BCUT2D eigenvalue weighted by Crippen LogP contribution is -2.13. The summed E-state index contributed by atoms with van der Waals surface area (Å²) >= 11 is 0. The van der Waals surface area contributed by atoms with E-state index in [1.54, 1.807) is 0 Å². The van der Waals surface area contributed by atoms with Gasteiger partial charge in [0.25, 0.3) is 5.91 Å². The molecule has 0 aliphatic heterocycles. The summed E-state index contributed by atoms with van der Waals surface area (Å²) in [6.45, 7) is 0. The van der Waals surface area contributed by atoms with Crippen LogP contribution in [0.4, 0.5) is 26.3 Å². The number of hydrogen-bond acceptors (Lipinski definition) is 4. The zero-order valence-electron chi connectivity index (χ0n) is 14.7. The number of alkyl halides is 6. The Labute approximate surface area is 164 Å². The summed E-state index contributed by atoms with van der Waals surface area (Å²) in [5.74, 6) is -1.24. The van der Waals surface area contributed by atoms with E-state index in [0.717, 1.165) is 17.2 Å². The lowest BCUT2D eigenvalue weighted by atomic mass is 10.0. The van der Waals surface area contributed by atoms with E-state index < -0.39 is 40.8 Å². The van der Waals surface area contributed by atoms with Gasteiger partial charge in [0.15, 0.2) is 5.82 Å². The van der Waals surface area contributed by atoms with Gasteiger partial charge < -0.3 is 5.73 Å². The van der Waals surface area contributed by atoms with E-state index in [1.165, 1.54) is 24.5 Å². The molecule has 3 aromatic rings. The third-order valence-corrected chi connectivity index (χ3v) is 3.87. The fourth-order valence-electron chi connectivity index (χ4n) is 2.50. The maximum atomic E-state index is 13.0. The first-order chi connectivity index (χ1) is 13.9. The Morgan fingerprint density at radius 1 is 0.967 bits per heavy atom. The molecule has 0 aliphatic rings. The molecule has 0 saturated heterocycles. The SMILES string of the molecule is NC(=O)/C(=C\n1cnc(-c2cc(C(F)(F)F)cc(C(F)(F)F)c2)n1)c1ccncc1. The van der Waals surface area contributed by atoms with Crippen LogP contribution in [-0.4, -0.2) is 25.7 Å². The second-order valence-corrected chi connectivity index (χ2v) is 5.99. The Kier molecular flexibility index (Phi) is 5.33. The predicted octanol–water partition coefficient (Wildman–Crippen LogP) is 3.86. The van der Waals surface area contributed by atoms with E-state index >= 15 is 0 Å². The highest BCUT2D eigenvalue weighted by Gasteiger charge is 2.37. The number of primary amides is 1. The molecule has 0 bridgehead atoms. The number of benzene rings is 1. The molecule has 3 rings (SSSR count). The summed E-state index contributed by atoms with van der Waals surface area (Å²) in [7, 11) is 0. The third kappa shape index (κ3) is 4.64. The minimum atomic E-state index is -5.00. The number of nitrogens with zero attached hydrogens (tertiary/aromatic N) is 4. The number of carbonyl (C=O) groups is 1. The second-order valence-electron chi connectivity index (χ2n) is 5.99. The molecule has 1 amide bonds. The van der Waals surface area contributed by atoms with Gasteiger partial charge in [0.2, 0.25) is 0 Å². The average Bonchev–Trinajstić information content (AvgIpc) is 3.13. The van der Waals surface area contributed by atoms with Gasteiger partial charge in [0.1, 0.15) is 6.33 Å². The Hall–Kier alpha value is -3.70. The van der Waals surface area contributed by atoms with Crippen molar-refractivity contribution in [2.45, 2.75) is 12.4 Å². The summed E-state index contributed by atoms with van der Waals surface area (Å²) in [5.41, 5.74) is 2.22. The van der Waals surface area contributed by atoms with Crippen LogP contribution >= 0.6 is 0 Å². The molecular formula is C18H11F6N5O. The molecule has 1 aromatic carbocycles. The van der Waals surface area contributed by atoms with Crippen molar-refractivity contribution in [1.82, 2.24) is 19.7 Å². The van der Waals surface area contributed by atoms with E-state index in [-0.39, 0.29) is 11.6 Å². The second kappa shape index (κ2) is 7.61. The van der Waals surface area contributed by atoms with Gasteiger partial charge in [-0.05, 0) is 35.9 Å². The van der Waals surface area contributed by atoms with Gasteiger partial charge in [-0.25, -0.2) is 9.67 Å². The molecule has 6 nitrogen and oxygen atoms in total. The lowest BCUT2D eigenvalue weighted by molar-refractivity contribution is -0.143. The molecule has 0 radical (unpaired) electrons. The fourth-order valence-corrected chi connectivity index (χ4v) is 2.50. The number of hydrogen-bond donors (Lipinski definition) is 1.